The summed E-state index contributed by atoms with van der Waals surface area (Å²) in [6, 6.07) is 12.0. The Morgan fingerprint density at radius 2 is 2.00 bits per heavy atom. The van der Waals surface area contributed by atoms with E-state index in [9.17, 15) is 4.39 Å². The zero-order valence-corrected chi connectivity index (χ0v) is 9.73. The molecule has 4 heteroatoms. The third kappa shape index (κ3) is 3.05. The minimum Gasteiger partial charge on any atom is -0.382 e. The van der Waals surface area contributed by atoms with E-state index in [1.807, 2.05) is 12.1 Å². The molecule has 0 atom stereocenters. The van der Waals surface area contributed by atoms with Crippen molar-refractivity contribution < 1.29 is 4.39 Å². The molecule has 1 aromatic heterocycles. The SMILES string of the molecule is N#Cc1ncccc1NCCc1ccc(F)cc1. The second kappa shape index (κ2) is 5.78. The number of benzene rings is 1. The highest BCUT2D eigenvalue weighted by Crippen LogP contribution is 2.11. The van der Waals surface area contributed by atoms with Crippen molar-refractivity contribution in [2.75, 3.05) is 11.9 Å². The van der Waals surface area contributed by atoms with Gasteiger partial charge in [0.05, 0.1) is 5.69 Å². The Labute approximate surface area is 105 Å². The van der Waals surface area contributed by atoms with E-state index in [1.54, 1.807) is 24.4 Å². The Morgan fingerprint density at radius 3 is 2.72 bits per heavy atom. The highest BCUT2D eigenvalue weighted by Gasteiger charge is 2.01. The second-order valence-electron chi connectivity index (χ2n) is 3.81. The molecule has 0 saturated carbocycles. The normalized spacial score (nSPS) is 9.78. The lowest BCUT2D eigenvalue weighted by Crippen LogP contribution is -2.06. The van der Waals surface area contributed by atoms with E-state index < -0.39 is 0 Å². The zero-order valence-electron chi connectivity index (χ0n) is 9.73. The Balaban J connectivity index is 1.93. The molecule has 1 N–H and O–H groups in total. The Morgan fingerprint density at radius 1 is 1.22 bits per heavy atom. The lowest BCUT2D eigenvalue weighted by atomic mass is 10.1. The molecular formula is C14H12FN3. The Hall–Kier alpha value is -2.41. The van der Waals surface area contributed by atoms with E-state index >= 15 is 0 Å². The predicted molar refractivity (Wildman–Crippen MR) is 67.5 cm³/mol. The van der Waals surface area contributed by atoms with Crippen LogP contribution in [0.25, 0.3) is 0 Å². The topological polar surface area (TPSA) is 48.7 Å². The van der Waals surface area contributed by atoms with Crippen LogP contribution in [0.5, 0.6) is 0 Å². The van der Waals surface area contributed by atoms with Gasteiger partial charge < -0.3 is 5.32 Å². The first-order valence-corrected chi connectivity index (χ1v) is 5.63. The molecule has 0 aliphatic carbocycles. The molecular weight excluding hydrogens is 229 g/mol. The molecule has 0 amide bonds. The molecule has 0 aliphatic rings. The smallest absolute Gasteiger partial charge is 0.163 e. The van der Waals surface area contributed by atoms with Crippen molar-refractivity contribution in [1.29, 1.82) is 5.26 Å². The van der Waals surface area contributed by atoms with Crippen LogP contribution in [0.15, 0.2) is 42.6 Å². The summed E-state index contributed by atoms with van der Waals surface area (Å²) < 4.78 is 12.7. The summed E-state index contributed by atoms with van der Waals surface area (Å²) in [5.74, 6) is -0.231. The molecule has 18 heavy (non-hydrogen) atoms. The van der Waals surface area contributed by atoms with E-state index in [1.165, 1.54) is 12.1 Å². The van der Waals surface area contributed by atoms with Crippen LogP contribution in [0.1, 0.15) is 11.3 Å². The molecule has 0 aliphatic heterocycles. The summed E-state index contributed by atoms with van der Waals surface area (Å²) >= 11 is 0. The van der Waals surface area contributed by atoms with Crippen LogP contribution in [0, 0.1) is 17.1 Å². The van der Waals surface area contributed by atoms with E-state index in [0.717, 1.165) is 17.7 Å². The van der Waals surface area contributed by atoms with Gasteiger partial charge in [0, 0.05) is 12.7 Å². The molecule has 2 aromatic rings. The van der Waals surface area contributed by atoms with E-state index in [4.69, 9.17) is 5.26 Å². The number of rotatable bonds is 4. The zero-order chi connectivity index (χ0) is 12.8. The first-order valence-electron chi connectivity index (χ1n) is 5.63. The first kappa shape index (κ1) is 12.1. The largest absolute Gasteiger partial charge is 0.382 e. The summed E-state index contributed by atoms with van der Waals surface area (Å²) in [6.07, 6.45) is 2.35. The molecule has 0 bridgehead atoms. The number of hydrogen-bond acceptors (Lipinski definition) is 3. The molecule has 1 heterocycles. The van der Waals surface area contributed by atoms with Gasteiger partial charge >= 0.3 is 0 Å². The first-order chi connectivity index (χ1) is 8.79. The number of nitrogens with one attached hydrogen (secondary N) is 1. The van der Waals surface area contributed by atoms with Crippen molar-refractivity contribution in [2.24, 2.45) is 0 Å². The monoisotopic (exact) mass is 241 g/mol. The van der Waals surface area contributed by atoms with Crippen molar-refractivity contribution in [1.82, 2.24) is 4.98 Å². The van der Waals surface area contributed by atoms with Gasteiger partial charge in [0.15, 0.2) is 5.69 Å². The number of anilines is 1. The summed E-state index contributed by atoms with van der Waals surface area (Å²) in [5, 5.41) is 12.0. The van der Waals surface area contributed by atoms with Gasteiger partial charge in [-0.25, -0.2) is 9.37 Å². The summed E-state index contributed by atoms with van der Waals surface area (Å²) in [7, 11) is 0. The highest BCUT2D eigenvalue weighted by atomic mass is 19.1. The van der Waals surface area contributed by atoms with E-state index in [0.29, 0.717) is 12.2 Å². The maximum absolute atomic E-state index is 12.7. The average molecular weight is 241 g/mol. The third-order valence-corrected chi connectivity index (χ3v) is 2.56. The van der Waals surface area contributed by atoms with Crippen LogP contribution in [-0.4, -0.2) is 11.5 Å². The molecule has 2 rings (SSSR count). The minimum absolute atomic E-state index is 0.231. The quantitative estimate of drug-likeness (QED) is 0.895. The summed E-state index contributed by atoms with van der Waals surface area (Å²) in [5.41, 5.74) is 2.16. The van der Waals surface area contributed by atoms with Gasteiger partial charge in [0.25, 0.3) is 0 Å². The molecule has 1 aromatic carbocycles. The molecule has 0 fully saturated rings. The van der Waals surface area contributed by atoms with Crippen LogP contribution in [0.2, 0.25) is 0 Å². The van der Waals surface area contributed by atoms with Crippen molar-refractivity contribution in [3.8, 4) is 6.07 Å². The van der Waals surface area contributed by atoms with Crippen molar-refractivity contribution in [2.45, 2.75) is 6.42 Å². The van der Waals surface area contributed by atoms with Crippen molar-refractivity contribution in [3.63, 3.8) is 0 Å². The second-order valence-corrected chi connectivity index (χ2v) is 3.81. The number of aromatic nitrogens is 1. The molecule has 0 spiro atoms. The predicted octanol–water partition coefficient (Wildman–Crippen LogP) is 2.75. The fourth-order valence-corrected chi connectivity index (χ4v) is 1.63. The maximum Gasteiger partial charge on any atom is 0.163 e. The molecule has 90 valence electrons. The molecule has 0 radical (unpaired) electrons. The molecule has 0 unspecified atom stereocenters. The minimum atomic E-state index is -0.231. The Bertz CT molecular complexity index is 558. The van der Waals surface area contributed by atoms with Gasteiger partial charge in [-0.3, -0.25) is 0 Å². The van der Waals surface area contributed by atoms with Crippen LogP contribution in [-0.2, 0) is 6.42 Å². The highest BCUT2D eigenvalue weighted by molar-refractivity contribution is 5.53. The van der Waals surface area contributed by atoms with Crippen LogP contribution in [0.3, 0.4) is 0 Å². The number of nitrogens with zero attached hydrogens (tertiary/aromatic N) is 2. The summed E-state index contributed by atoms with van der Waals surface area (Å²) in [4.78, 5) is 3.96. The number of pyridine rings is 1. The average Bonchev–Trinajstić information content (AvgIpc) is 2.41. The van der Waals surface area contributed by atoms with Gasteiger partial charge in [-0.05, 0) is 36.2 Å². The Kier molecular flexibility index (Phi) is 3.87. The fourth-order valence-electron chi connectivity index (χ4n) is 1.63. The lowest BCUT2D eigenvalue weighted by molar-refractivity contribution is 0.627. The van der Waals surface area contributed by atoms with Gasteiger partial charge in [0.1, 0.15) is 11.9 Å². The number of halogens is 1. The standard InChI is InChI=1S/C14H12FN3/c15-12-5-3-11(4-6-12)7-9-18-13-2-1-8-17-14(13)10-16/h1-6,8,18H,7,9H2. The van der Waals surface area contributed by atoms with Crippen LogP contribution >= 0.6 is 0 Å². The van der Waals surface area contributed by atoms with Crippen LogP contribution in [0.4, 0.5) is 10.1 Å². The maximum atomic E-state index is 12.7. The van der Waals surface area contributed by atoms with Gasteiger partial charge in [-0.1, -0.05) is 12.1 Å². The number of nitriles is 1. The fraction of sp³-hybridized carbons (Fsp3) is 0.143. The van der Waals surface area contributed by atoms with Gasteiger partial charge in [0.2, 0.25) is 0 Å². The molecule has 0 saturated heterocycles. The van der Waals surface area contributed by atoms with Gasteiger partial charge in [-0.15, -0.1) is 0 Å². The molecule has 3 nitrogen and oxygen atoms in total. The van der Waals surface area contributed by atoms with Crippen molar-refractivity contribution >= 4 is 5.69 Å². The third-order valence-electron chi connectivity index (χ3n) is 2.56. The lowest BCUT2D eigenvalue weighted by Gasteiger charge is -2.07. The van der Waals surface area contributed by atoms with E-state index in [2.05, 4.69) is 10.3 Å². The number of hydrogen-bond donors (Lipinski definition) is 1. The van der Waals surface area contributed by atoms with Crippen LogP contribution < -0.4 is 5.32 Å². The van der Waals surface area contributed by atoms with E-state index in [-0.39, 0.29) is 5.82 Å². The van der Waals surface area contributed by atoms with Crippen molar-refractivity contribution in [3.05, 3.63) is 59.7 Å². The van der Waals surface area contributed by atoms with Gasteiger partial charge in [-0.2, -0.15) is 5.26 Å². The summed E-state index contributed by atoms with van der Waals surface area (Å²) in [6.45, 7) is 0.673.